The fraction of sp³-hybridized carbons (Fsp3) is 0.579. The normalized spacial score (nSPS) is 15.2. The van der Waals surface area contributed by atoms with Crippen LogP contribution in [0.15, 0.2) is 17.1 Å². The third kappa shape index (κ3) is 4.09. The van der Waals surface area contributed by atoms with Crippen LogP contribution in [0.3, 0.4) is 0 Å². The monoisotopic (exact) mass is 388 g/mol. The lowest BCUT2D eigenvalue weighted by Gasteiger charge is -2.31. The lowest BCUT2D eigenvalue weighted by atomic mass is 9.95. The van der Waals surface area contributed by atoms with E-state index < -0.39 is 0 Å². The Hall–Kier alpha value is -2.68. The molecule has 2 aromatic heterocycles. The van der Waals surface area contributed by atoms with Gasteiger partial charge in [-0.05, 0) is 33.9 Å². The van der Waals surface area contributed by atoms with Gasteiger partial charge in [-0.1, -0.05) is 0 Å². The van der Waals surface area contributed by atoms with Crippen LogP contribution in [0, 0.1) is 0 Å². The molecule has 0 bridgehead atoms. The molecule has 0 aromatic carbocycles. The second-order valence-corrected chi connectivity index (χ2v) is 7.30. The number of carbonyl (C=O) groups is 1. The fourth-order valence-electron chi connectivity index (χ4n) is 3.65. The zero-order valence-electron chi connectivity index (χ0n) is 16.9. The second-order valence-electron chi connectivity index (χ2n) is 7.30. The Morgan fingerprint density at radius 1 is 1.32 bits per heavy atom. The molecule has 3 rings (SSSR count). The van der Waals surface area contributed by atoms with Gasteiger partial charge >= 0.3 is 0 Å². The third-order valence-corrected chi connectivity index (χ3v) is 5.10. The first kappa shape index (κ1) is 20.1. The number of H-pyrrole nitrogens is 1. The Morgan fingerprint density at radius 2 is 2.04 bits per heavy atom. The molecule has 9 nitrogen and oxygen atoms in total. The summed E-state index contributed by atoms with van der Waals surface area (Å²) in [5.41, 5.74) is -0.0156. The molecular formula is C19H28N6O3. The van der Waals surface area contributed by atoms with E-state index in [0.29, 0.717) is 13.1 Å². The summed E-state index contributed by atoms with van der Waals surface area (Å²) in [5.74, 6) is 2.29. The van der Waals surface area contributed by atoms with Crippen LogP contribution >= 0.6 is 0 Å². The van der Waals surface area contributed by atoms with Crippen molar-refractivity contribution in [3.8, 4) is 5.75 Å². The van der Waals surface area contributed by atoms with Crippen molar-refractivity contribution in [1.29, 1.82) is 0 Å². The highest BCUT2D eigenvalue weighted by Gasteiger charge is 2.28. The number of carbonyl (C=O) groups excluding carboxylic acids is 1. The highest BCUT2D eigenvalue weighted by atomic mass is 16.5. The molecule has 2 aromatic rings. The van der Waals surface area contributed by atoms with E-state index in [1.165, 1.54) is 19.4 Å². The summed E-state index contributed by atoms with van der Waals surface area (Å²) >= 11 is 0. The summed E-state index contributed by atoms with van der Waals surface area (Å²) < 4.78 is 7.13. The zero-order chi connectivity index (χ0) is 20.3. The van der Waals surface area contributed by atoms with E-state index in [2.05, 4.69) is 31.6 Å². The first-order valence-corrected chi connectivity index (χ1v) is 9.57. The number of pyridine rings is 1. The minimum atomic E-state index is -0.302. The summed E-state index contributed by atoms with van der Waals surface area (Å²) in [6, 6.07) is 1.30. The molecule has 9 heteroatoms. The molecule has 152 valence electrons. The summed E-state index contributed by atoms with van der Waals surface area (Å²) in [5, 5.41) is 8.81. The quantitative estimate of drug-likeness (QED) is 0.795. The van der Waals surface area contributed by atoms with E-state index in [9.17, 15) is 9.59 Å². The molecular weight excluding hydrogens is 360 g/mol. The van der Waals surface area contributed by atoms with Crippen molar-refractivity contribution in [1.82, 2.24) is 29.5 Å². The summed E-state index contributed by atoms with van der Waals surface area (Å²) in [6.07, 6.45) is 3.08. The second kappa shape index (κ2) is 8.55. The largest absolute Gasteiger partial charge is 0.491 e. The molecule has 1 amide bonds. The number of hydrogen-bond acceptors (Lipinski definition) is 6. The van der Waals surface area contributed by atoms with Crippen molar-refractivity contribution in [3.05, 3.63) is 39.8 Å². The number of nitrogens with zero attached hydrogens (tertiary/aromatic N) is 5. The number of rotatable bonds is 6. The van der Waals surface area contributed by atoms with Gasteiger partial charge in [-0.15, -0.1) is 10.2 Å². The van der Waals surface area contributed by atoms with Gasteiger partial charge in [-0.25, -0.2) is 0 Å². The van der Waals surface area contributed by atoms with Crippen molar-refractivity contribution in [2.45, 2.75) is 38.8 Å². The Morgan fingerprint density at radius 3 is 2.61 bits per heavy atom. The van der Waals surface area contributed by atoms with Gasteiger partial charge in [0.25, 0.3) is 5.91 Å². The Balaban J connectivity index is 1.68. The first-order chi connectivity index (χ1) is 13.4. The average molecular weight is 388 g/mol. The van der Waals surface area contributed by atoms with Gasteiger partial charge in [0.15, 0.2) is 5.75 Å². The summed E-state index contributed by atoms with van der Waals surface area (Å²) in [7, 11) is 5.46. The topological polar surface area (TPSA) is 96.4 Å². The van der Waals surface area contributed by atoms with Gasteiger partial charge < -0.3 is 24.1 Å². The molecule has 1 N–H and O–H groups in total. The van der Waals surface area contributed by atoms with E-state index in [1.54, 1.807) is 4.90 Å². The van der Waals surface area contributed by atoms with Crippen LogP contribution in [0.5, 0.6) is 5.75 Å². The molecule has 0 saturated carbocycles. The molecule has 3 heterocycles. The fourth-order valence-corrected chi connectivity index (χ4v) is 3.65. The van der Waals surface area contributed by atoms with Crippen molar-refractivity contribution >= 4 is 5.91 Å². The predicted octanol–water partition coefficient (Wildman–Crippen LogP) is 1.08. The molecule has 0 unspecified atom stereocenters. The van der Waals surface area contributed by atoms with E-state index in [4.69, 9.17) is 4.74 Å². The molecule has 1 aliphatic rings. The van der Waals surface area contributed by atoms with E-state index in [1.807, 2.05) is 14.1 Å². The van der Waals surface area contributed by atoms with E-state index in [-0.39, 0.29) is 28.7 Å². The highest BCUT2D eigenvalue weighted by molar-refractivity contribution is 5.92. The molecule has 28 heavy (non-hydrogen) atoms. The van der Waals surface area contributed by atoms with E-state index in [0.717, 1.165) is 37.6 Å². The maximum atomic E-state index is 12.7. The Bertz CT molecular complexity index is 880. The summed E-state index contributed by atoms with van der Waals surface area (Å²) in [6.45, 7) is 4.93. The Labute approximate surface area is 164 Å². The van der Waals surface area contributed by atoms with Crippen LogP contribution in [0.25, 0.3) is 0 Å². The number of piperidine rings is 1. The van der Waals surface area contributed by atoms with Crippen LogP contribution in [0.1, 0.15) is 47.8 Å². The van der Waals surface area contributed by atoms with Crippen molar-refractivity contribution in [2.75, 3.05) is 34.3 Å². The first-order valence-electron chi connectivity index (χ1n) is 9.57. The number of methoxy groups -OCH3 is 1. The average Bonchev–Trinajstić information content (AvgIpc) is 3.09. The minimum absolute atomic E-state index is 0.163. The van der Waals surface area contributed by atoms with E-state index >= 15 is 0 Å². The van der Waals surface area contributed by atoms with Crippen molar-refractivity contribution < 1.29 is 9.53 Å². The standard InChI is InChI=1S/C19H28N6O3/c1-5-25-17(12-23(2)3)21-22-18(25)13-6-8-24(9-7-13)19(27)14-10-15(26)16(28-4)11-20-14/h10-11,13H,5-9,12H2,1-4H3,(H,20,26). The highest BCUT2D eigenvalue weighted by Crippen LogP contribution is 2.28. The van der Waals surface area contributed by atoms with Gasteiger partial charge in [0.05, 0.1) is 13.7 Å². The van der Waals surface area contributed by atoms with Gasteiger partial charge in [0, 0.05) is 37.8 Å². The maximum absolute atomic E-state index is 12.7. The van der Waals surface area contributed by atoms with Crippen LogP contribution in [-0.2, 0) is 13.1 Å². The lowest BCUT2D eigenvalue weighted by Crippen LogP contribution is -2.39. The molecule has 0 atom stereocenters. The number of amides is 1. The van der Waals surface area contributed by atoms with Crippen molar-refractivity contribution in [3.63, 3.8) is 0 Å². The van der Waals surface area contributed by atoms with Gasteiger partial charge in [-0.2, -0.15) is 0 Å². The molecule has 0 spiro atoms. The van der Waals surface area contributed by atoms with Crippen LogP contribution in [0.2, 0.25) is 0 Å². The number of ether oxygens (including phenoxy) is 1. The summed E-state index contributed by atoms with van der Waals surface area (Å²) in [4.78, 5) is 31.3. The SMILES string of the molecule is CCn1c(CN(C)C)nnc1C1CCN(C(=O)c2cc(=O)c(OC)c[nH]2)CC1. The molecule has 0 aliphatic carbocycles. The van der Waals surface area contributed by atoms with Gasteiger partial charge in [-0.3, -0.25) is 9.59 Å². The lowest BCUT2D eigenvalue weighted by molar-refractivity contribution is 0.0704. The minimum Gasteiger partial charge on any atom is -0.491 e. The van der Waals surface area contributed by atoms with Gasteiger partial charge in [0.2, 0.25) is 5.43 Å². The van der Waals surface area contributed by atoms with Crippen LogP contribution in [0.4, 0.5) is 0 Å². The van der Waals surface area contributed by atoms with Crippen LogP contribution < -0.4 is 10.2 Å². The van der Waals surface area contributed by atoms with Gasteiger partial charge in [0.1, 0.15) is 17.3 Å². The maximum Gasteiger partial charge on any atom is 0.270 e. The molecule has 1 aliphatic heterocycles. The predicted molar refractivity (Wildman–Crippen MR) is 105 cm³/mol. The number of hydrogen-bond donors (Lipinski definition) is 1. The number of likely N-dealkylation sites (tertiary alicyclic amines) is 1. The van der Waals surface area contributed by atoms with Crippen molar-refractivity contribution in [2.24, 2.45) is 0 Å². The molecule has 1 saturated heterocycles. The third-order valence-electron chi connectivity index (χ3n) is 5.10. The molecule has 0 radical (unpaired) electrons. The number of aromatic amines is 1. The smallest absolute Gasteiger partial charge is 0.270 e. The van der Waals surface area contributed by atoms with Crippen LogP contribution in [-0.4, -0.2) is 69.8 Å². The molecule has 1 fully saturated rings. The number of aromatic nitrogens is 4. The zero-order valence-corrected chi connectivity index (χ0v) is 16.9. The number of nitrogens with one attached hydrogen (secondary N) is 1. The Kier molecular flexibility index (Phi) is 6.13.